The number of benzene rings is 3. The molecule has 3 aromatic rings. The van der Waals surface area contributed by atoms with Gasteiger partial charge in [0.1, 0.15) is 0 Å². The fourth-order valence-electron chi connectivity index (χ4n) is 2.52. The van der Waals surface area contributed by atoms with Crippen molar-refractivity contribution in [2.75, 3.05) is 17.2 Å². The Morgan fingerprint density at radius 1 is 0.920 bits per heavy atom. The molecule has 0 saturated carbocycles. The minimum Gasteiger partial charge on any atom is -0.376 e. The largest absolute Gasteiger partial charge is 0.416 e. The summed E-state index contributed by atoms with van der Waals surface area (Å²) in [6.45, 7) is -0.134. The molecule has 0 bridgehead atoms. The van der Waals surface area contributed by atoms with Crippen molar-refractivity contribution in [2.45, 2.75) is 6.18 Å². The fourth-order valence-corrected chi connectivity index (χ4v) is 2.52. The Morgan fingerprint density at radius 3 is 2.44 bits per heavy atom. The third-order valence-electron chi connectivity index (χ3n) is 3.71. The van der Waals surface area contributed by atoms with Crippen molar-refractivity contribution in [3.8, 4) is 0 Å². The number of carbonyl (C=O) groups excluding carboxylic acids is 1. The van der Waals surface area contributed by atoms with Crippen LogP contribution in [0, 0.1) is 0 Å². The number of fused-ring (bicyclic) bond motifs is 1. The highest BCUT2D eigenvalue weighted by Gasteiger charge is 2.30. The van der Waals surface area contributed by atoms with E-state index in [1.165, 1.54) is 12.1 Å². The lowest BCUT2D eigenvalue weighted by atomic mass is 10.1. The summed E-state index contributed by atoms with van der Waals surface area (Å²) in [6.07, 6.45) is -4.41. The van der Waals surface area contributed by atoms with Gasteiger partial charge in [0.05, 0.1) is 12.1 Å². The van der Waals surface area contributed by atoms with Gasteiger partial charge in [-0.3, -0.25) is 4.79 Å². The van der Waals surface area contributed by atoms with E-state index >= 15 is 0 Å². The van der Waals surface area contributed by atoms with Crippen molar-refractivity contribution in [3.05, 3.63) is 72.3 Å². The number of hydrogen-bond donors (Lipinski definition) is 2. The molecule has 25 heavy (non-hydrogen) atoms. The standard InChI is InChI=1S/C19H15F3N2O/c20-19(21,22)14-7-4-8-15(11-14)23-12-18(25)24-17-10-3-6-13-5-1-2-9-16(13)17/h1-11,23H,12H2,(H,24,25). The van der Waals surface area contributed by atoms with Gasteiger partial charge < -0.3 is 10.6 Å². The third kappa shape index (κ3) is 4.09. The summed E-state index contributed by atoms with van der Waals surface area (Å²) < 4.78 is 38.1. The number of halogens is 3. The Bertz CT molecular complexity index is 901. The first kappa shape index (κ1) is 16.8. The molecule has 3 nitrogen and oxygen atoms in total. The van der Waals surface area contributed by atoms with Crippen LogP contribution in [0.25, 0.3) is 10.8 Å². The van der Waals surface area contributed by atoms with Crippen LogP contribution in [0.5, 0.6) is 0 Å². The van der Waals surface area contributed by atoms with E-state index in [4.69, 9.17) is 0 Å². The summed E-state index contributed by atoms with van der Waals surface area (Å²) in [5, 5.41) is 7.38. The van der Waals surface area contributed by atoms with Crippen molar-refractivity contribution in [1.82, 2.24) is 0 Å². The Labute approximate surface area is 142 Å². The second-order valence-electron chi connectivity index (χ2n) is 5.51. The first-order valence-corrected chi connectivity index (χ1v) is 7.62. The van der Waals surface area contributed by atoms with Gasteiger partial charge in [0.15, 0.2) is 0 Å². The summed E-state index contributed by atoms with van der Waals surface area (Å²) >= 11 is 0. The van der Waals surface area contributed by atoms with E-state index in [0.29, 0.717) is 5.69 Å². The molecule has 128 valence electrons. The van der Waals surface area contributed by atoms with Gasteiger partial charge in [0.2, 0.25) is 5.91 Å². The molecule has 0 radical (unpaired) electrons. The summed E-state index contributed by atoms with van der Waals surface area (Å²) in [4.78, 5) is 12.1. The molecule has 0 saturated heterocycles. The van der Waals surface area contributed by atoms with Crippen LogP contribution in [-0.2, 0) is 11.0 Å². The predicted molar refractivity (Wildman–Crippen MR) is 92.5 cm³/mol. The Morgan fingerprint density at radius 2 is 1.64 bits per heavy atom. The van der Waals surface area contributed by atoms with Gasteiger partial charge in [-0.1, -0.05) is 42.5 Å². The molecule has 0 aliphatic heterocycles. The quantitative estimate of drug-likeness (QED) is 0.706. The van der Waals surface area contributed by atoms with Crippen LogP contribution in [-0.4, -0.2) is 12.5 Å². The lowest BCUT2D eigenvalue weighted by Crippen LogP contribution is -2.22. The van der Waals surface area contributed by atoms with Crippen molar-refractivity contribution >= 4 is 28.1 Å². The van der Waals surface area contributed by atoms with Crippen LogP contribution in [0.3, 0.4) is 0 Å². The maximum atomic E-state index is 12.7. The second-order valence-corrected chi connectivity index (χ2v) is 5.51. The molecule has 0 aromatic heterocycles. The van der Waals surface area contributed by atoms with E-state index in [-0.39, 0.29) is 18.1 Å². The highest BCUT2D eigenvalue weighted by molar-refractivity contribution is 6.03. The first-order chi connectivity index (χ1) is 11.9. The Hall–Kier alpha value is -3.02. The molecule has 0 atom stereocenters. The molecule has 6 heteroatoms. The predicted octanol–water partition coefficient (Wildman–Crippen LogP) is 4.91. The van der Waals surface area contributed by atoms with Gasteiger partial charge in [-0.15, -0.1) is 0 Å². The van der Waals surface area contributed by atoms with E-state index in [1.807, 2.05) is 36.4 Å². The summed E-state index contributed by atoms with van der Waals surface area (Å²) in [5.41, 5.74) is 0.142. The second kappa shape index (κ2) is 6.84. The average molecular weight is 344 g/mol. The van der Waals surface area contributed by atoms with E-state index < -0.39 is 11.7 Å². The van der Waals surface area contributed by atoms with Gasteiger partial charge >= 0.3 is 6.18 Å². The van der Waals surface area contributed by atoms with Crippen molar-refractivity contribution in [2.24, 2.45) is 0 Å². The number of nitrogens with one attached hydrogen (secondary N) is 2. The minimum absolute atomic E-state index is 0.134. The molecule has 0 aliphatic rings. The van der Waals surface area contributed by atoms with Crippen molar-refractivity contribution in [1.29, 1.82) is 0 Å². The molecular formula is C19H15F3N2O. The summed E-state index contributed by atoms with van der Waals surface area (Å²) in [7, 11) is 0. The van der Waals surface area contributed by atoms with Crippen LogP contribution in [0.15, 0.2) is 66.7 Å². The number of rotatable bonds is 4. The molecule has 1 amide bonds. The number of anilines is 2. The molecule has 0 fully saturated rings. The summed E-state index contributed by atoms with van der Waals surface area (Å²) in [6, 6.07) is 17.9. The lowest BCUT2D eigenvalue weighted by Gasteiger charge is -2.12. The highest BCUT2D eigenvalue weighted by atomic mass is 19.4. The minimum atomic E-state index is -4.41. The van der Waals surface area contributed by atoms with E-state index in [1.54, 1.807) is 6.07 Å². The van der Waals surface area contributed by atoms with Gasteiger partial charge in [-0.2, -0.15) is 13.2 Å². The van der Waals surface area contributed by atoms with E-state index in [9.17, 15) is 18.0 Å². The van der Waals surface area contributed by atoms with Gasteiger partial charge in [0, 0.05) is 16.8 Å². The van der Waals surface area contributed by atoms with Crippen LogP contribution in [0.2, 0.25) is 0 Å². The molecule has 3 aromatic carbocycles. The van der Waals surface area contributed by atoms with Crippen LogP contribution in [0.1, 0.15) is 5.56 Å². The molecule has 0 unspecified atom stereocenters. The molecule has 0 spiro atoms. The Kier molecular flexibility index (Phi) is 4.61. The zero-order valence-electron chi connectivity index (χ0n) is 13.1. The average Bonchev–Trinajstić information content (AvgIpc) is 2.60. The smallest absolute Gasteiger partial charge is 0.376 e. The number of carbonyl (C=O) groups is 1. The maximum Gasteiger partial charge on any atom is 0.416 e. The number of amides is 1. The molecule has 2 N–H and O–H groups in total. The highest BCUT2D eigenvalue weighted by Crippen LogP contribution is 2.30. The number of alkyl halides is 3. The molecule has 3 rings (SSSR count). The fraction of sp³-hybridized carbons (Fsp3) is 0.105. The van der Waals surface area contributed by atoms with Gasteiger partial charge in [0.25, 0.3) is 0 Å². The first-order valence-electron chi connectivity index (χ1n) is 7.62. The van der Waals surface area contributed by atoms with Crippen LogP contribution >= 0.6 is 0 Å². The van der Waals surface area contributed by atoms with Gasteiger partial charge in [-0.05, 0) is 29.7 Å². The zero-order valence-corrected chi connectivity index (χ0v) is 13.1. The third-order valence-corrected chi connectivity index (χ3v) is 3.71. The topological polar surface area (TPSA) is 41.1 Å². The molecular weight excluding hydrogens is 329 g/mol. The van der Waals surface area contributed by atoms with Crippen LogP contribution in [0.4, 0.5) is 24.5 Å². The Balaban J connectivity index is 1.67. The molecule has 0 aliphatic carbocycles. The van der Waals surface area contributed by atoms with Crippen molar-refractivity contribution in [3.63, 3.8) is 0 Å². The summed E-state index contributed by atoms with van der Waals surface area (Å²) in [5.74, 6) is -0.339. The van der Waals surface area contributed by atoms with E-state index in [2.05, 4.69) is 10.6 Å². The van der Waals surface area contributed by atoms with E-state index in [0.717, 1.165) is 22.9 Å². The van der Waals surface area contributed by atoms with Crippen LogP contribution < -0.4 is 10.6 Å². The number of hydrogen-bond acceptors (Lipinski definition) is 2. The monoisotopic (exact) mass is 344 g/mol. The van der Waals surface area contributed by atoms with Gasteiger partial charge in [-0.25, -0.2) is 0 Å². The maximum absolute atomic E-state index is 12.7. The molecule has 0 heterocycles. The lowest BCUT2D eigenvalue weighted by molar-refractivity contribution is -0.137. The zero-order chi connectivity index (χ0) is 17.9. The SMILES string of the molecule is O=C(CNc1cccc(C(F)(F)F)c1)Nc1cccc2ccccc12. The van der Waals surface area contributed by atoms with Crippen molar-refractivity contribution < 1.29 is 18.0 Å². The normalized spacial score (nSPS) is 11.3.